The molecule has 224 valence electrons. The maximum Gasteiger partial charge on any atom is 0.234 e. The molecule has 1 aliphatic rings. The molecule has 47 heavy (non-hydrogen) atoms. The molecule has 0 atom stereocenters. The van der Waals surface area contributed by atoms with Crippen molar-refractivity contribution in [1.82, 2.24) is 14.4 Å². The van der Waals surface area contributed by atoms with Gasteiger partial charge in [-0.1, -0.05) is 98.8 Å². The highest BCUT2D eigenvalue weighted by Gasteiger charge is 2.35. The third-order valence-electron chi connectivity index (χ3n) is 9.93. The summed E-state index contributed by atoms with van der Waals surface area (Å²) < 4.78 is 1.96. The van der Waals surface area contributed by atoms with Crippen LogP contribution in [0.1, 0.15) is 37.5 Å². The van der Waals surface area contributed by atoms with Gasteiger partial charge in [0, 0.05) is 29.6 Å². The van der Waals surface area contributed by atoms with E-state index in [1.54, 1.807) is 6.20 Å². The van der Waals surface area contributed by atoms with E-state index < -0.39 is 0 Å². The molecule has 0 radical (unpaired) electrons. The van der Waals surface area contributed by atoms with Crippen LogP contribution in [0.15, 0.2) is 140 Å². The number of imidazole rings is 1. The van der Waals surface area contributed by atoms with Gasteiger partial charge in [0.05, 0.1) is 5.69 Å². The Hall–Kier alpha value is -5.80. The van der Waals surface area contributed by atoms with Crippen LogP contribution in [0.2, 0.25) is 0 Å². The van der Waals surface area contributed by atoms with E-state index in [-0.39, 0.29) is 5.41 Å². The maximum atomic E-state index is 4.71. The van der Waals surface area contributed by atoms with Gasteiger partial charge in [-0.2, -0.15) is 0 Å². The summed E-state index contributed by atoms with van der Waals surface area (Å²) in [6.07, 6.45) is 14.3. The molecule has 2 heterocycles. The first-order valence-corrected chi connectivity index (χ1v) is 16.3. The summed E-state index contributed by atoms with van der Waals surface area (Å²) in [6.45, 7) is 6.82. The van der Waals surface area contributed by atoms with Crippen molar-refractivity contribution in [3.05, 3.63) is 157 Å². The summed E-state index contributed by atoms with van der Waals surface area (Å²) in [5.74, 6) is 0.711. The Morgan fingerprint density at radius 3 is 2.02 bits per heavy atom. The van der Waals surface area contributed by atoms with Crippen molar-refractivity contribution in [3.8, 4) is 33.5 Å². The average molecular weight is 604 g/mol. The predicted octanol–water partition coefficient (Wildman–Crippen LogP) is 11.4. The van der Waals surface area contributed by atoms with E-state index in [0.717, 1.165) is 11.3 Å². The Morgan fingerprint density at radius 2 is 1.30 bits per heavy atom. The van der Waals surface area contributed by atoms with Crippen molar-refractivity contribution in [2.45, 2.75) is 26.2 Å². The number of nitrogens with zero attached hydrogens (tertiary/aromatic N) is 3. The molecular weight excluding hydrogens is 571 g/mol. The average Bonchev–Trinajstić information content (AvgIpc) is 3.64. The van der Waals surface area contributed by atoms with Crippen molar-refractivity contribution >= 4 is 44.2 Å². The highest BCUT2D eigenvalue weighted by Crippen LogP contribution is 2.51. The van der Waals surface area contributed by atoms with Crippen molar-refractivity contribution in [2.75, 3.05) is 0 Å². The van der Waals surface area contributed by atoms with Crippen LogP contribution in [0.3, 0.4) is 0 Å². The number of aromatic nitrogens is 3. The molecule has 3 heteroatoms. The van der Waals surface area contributed by atoms with Crippen LogP contribution in [-0.4, -0.2) is 14.4 Å². The van der Waals surface area contributed by atoms with E-state index in [2.05, 4.69) is 147 Å². The number of hydrogen-bond acceptors (Lipinski definition) is 2. The van der Waals surface area contributed by atoms with E-state index in [4.69, 9.17) is 4.98 Å². The van der Waals surface area contributed by atoms with Crippen LogP contribution in [0.4, 0.5) is 0 Å². The fourth-order valence-electron chi connectivity index (χ4n) is 7.51. The second-order valence-electron chi connectivity index (χ2n) is 13.1. The number of fused-ring (bicyclic) bond motifs is 2. The quantitative estimate of drug-likeness (QED) is 0.145. The topological polar surface area (TPSA) is 30.2 Å². The highest BCUT2D eigenvalue weighted by atomic mass is 15.1. The molecule has 1 aliphatic carbocycles. The fourth-order valence-corrected chi connectivity index (χ4v) is 7.51. The molecule has 0 saturated heterocycles. The smallest absolute Gasteiger partial charge is 0.234 e. The Bertz CT molecular complexity index is 2560. The molecule has 6 aromatic carbocycles. The lowest BCUT2D eigenvalue weighted by molar-refractivity contribution is 0.663. The molecule has 9 rings (SSSR count). The minimum absolute atomic E-state index is 0.138. The summed E-state index contributed by atoms with van der Waals surface area (Å²) >= 11 is 0. The molecule has 0 aliphatic heterocycles. The predicted molar refractivity (Wildman–Crippen MR) is 198 cm³/mol. The Balaban J connectivity index is 1.14. The summed E-state index contributed by atoms with van der Waals surface area (Å²) in [5.41, 5.74) is 10.9. The Kier molecular flexibility index (Phi) is 6.07. The maximum absolute atomic E-state index is 4.71. The lowest BCUT2D eigenvalue weighted by Gasteiger charge is -2.23. The lowest BCUT2D eigenvalue weighted by Crippen LogP contribution is -2.15. The highest BCUT2D eigenvalue weighted by molar-refractivity contribution is 6.16. The molecule has 2 aromatic heterocycles. The standard InChI is InChI=1S/C44H33N3/c1-4-5-6-10-30-21-34(22-31-11-7-8-12-37(30)31)36-24-33-18-17-32-23-35(25-38-41(32)42(33)39(26-36)44(38,2)3)28-13-15-29(16-14-28)40-27-47-20-9-19-45-43(47)46-40/h4-27H,1-3H3/b5-4-,10-6-. The molecule has 0 unspecified atom stereocenters. The monoisotopic (exact) mass is 603 g/mol. The van der Waals surface area contributed by atoms with Gasteiger partial charge in [0.25, 0.3) is 0 Å². The minimum atomic E-state index is -0.138. The molecule has 8 aromatic rings. The van der Waals surface area contributed by atoms with Gasteiger partial charge in [0.1, 0.15) is 0 Å². The first-order chi connectivity index (χ1) is 23.0. The first-order valence-electron chi connectivity index (χ1n) is 16.3. The minimum Gasteiger partial charge on any atom is -0.291 e. The van der Waals surface area contributed by atoms with Crippen LogP contribution in [-0.2, 0) is 5.41 Å². The van der Waals surface area contributed by atoms with Crippen LogP contribution >= 0.6 is 0 Å². The van der Waals surface area contributed by atoms with Gasteiger partial charge >= 0.3 is 0 Å². The van der Waals surface area contributed by atoms with Gasteiger partial charge in [0.2, 0.25) is 5.78 Å². The second kappa shape index (κ2) is 10.4. The van der Waals surface area contributed by atoms with Crippen molar-refractivity contribution in [1.29, 1.82) is 0 Å². The second-order valence-corrected chi connectivity index (χ2v) is 13.1. The van der Waals surface area contributed by atoms with E-state index in [0.29, 0.717) is 5.78 Å². The van der Waals surface area contributed by atoms with Crippen molar-refractivity contribution in [2.24, 2.45) is 0 Å². The van der Waals surface area contributed by atoms with E-state index >= 15 is 0 Å². The Morgan fingerprint density at radius 1 is 0.638 bits per heavy atom. The Labute approximate surface area is 274 Å². The zero-order valence-corrected chi connectivity index (χ0v) is 26.7. The zero-order chi connectivity index (χ0) is 31.7. The summed E-state index contributed by atoms with van der Waals surface area (Å²) in [7, 11) is 0. The first kappa shape index (κ1) is 27.5. The number of rotatable bonds is 5. The number of benzene rings is 6. The van der Waals surface area contributed by atoms with Gasteiger partial charge in [0.15, 0.2) is 0 Å². The molecule has 0 fully saturated rings. The van der Waals surface area contributed by atoms with Gasteiger partial charge in [-0.05, 0) is 121 Å². The van der Waals surface area contributed by atoms with Crippen molar-refractivity contribution < 1.29 is 0 Å². The van der Waals surface area contributed by atoms with Gasteiger partial charge < -0.3 is 0 Å². The van der Waals surface area contributed by atoms with Gasteiger partial charge in [-0.15, -0.1) is 0 Å². The molecule has 0 N–H and O–H groups in total. The molecule has 3 nitrogen and oxygen atoms in total. The summed E-state index contributed by atoms with van der Waals surface area (Å²) in [5, 5.41) is 7.90. The summed E-state index contributed by atoms with van der Waals surface area (Å²) in [6, 6.07) is 38.3. The van der Waals surface area contributed by atoms with Crippen LogP contribution in [0, 0.1) is 0 Å². The molecule has 0 bridgehead atoms. The molecular formula is C44H33N3. The zero-order valence-electron chi connectivity index (χ0n) is 26.7. The summed E-state index contributed by atoms with van der Waals surface area (Å²) in [4.78, 5) is 9.08. The van der Waals surface area contributed by atoms with E-state index in [1.807, 2.05) is 22.9 Å². The van der Waals surface area contributed by atoms with Crippen LogP contribution in [0.25, 0.3) is 77.7 Å². The molecule has 0 spiro atoms. The lowest BCUT2D eigenvalue weighted by atomic mass is 9.80. The van der Waals surface area contributed by atoms with Crippen LogP contribution in [0.5, 0.6) is 0 Å². The number of hydrogen-bond donors (Lipinski definition) is 0. The van der Waals surface area contributed by atoms with E-state index in [1.165, 1.54) is 71.3 Å². The van der Waals surface area contributed by atoms with E-state index in [9.17, 15) is 0 Å². The van der Waals surface area contributed by atoms with Gasteiger partial charge in [-0.3, -0.25) is 4.40 Å². The largest absolute Gasteiger partial charge is 0.291 e. The SMILES string of the molecule is C/C=C\C=C/c1cc(-c2cc3c4c(ccc5cc(-c6ccc(-c7cn8cccnc8n7)cc6)cc(c54)C3(C)C)c2)cc2ccccc12. The normalized spacial score (nSPS) is 13.9. The third-order valence-corrected chi connectivity index (χ3v) is 9.93. The van der Waals surface area contributed by atoms with Crippen LogP contribution < -0.4 is 0 Å². The number of allylic oxidation sites excluding steroid dienone is 3. The van der Waals surface area contributed by atoms with Gasteiger partial charge in [-0.25, -0.2) is 9.97 Å². The third kappa shape index (κ3) is 4.34. The molecule has 0 amide bonds. The fraction of sp³-hybridized carbons (Fsp3) is 0.0909. The molecule has 0 saturated carbocycles. The van der Waals surface area contributed by atoms with Crippen molar-refractivity contribution in [3.63, 3.8) is 0 Å².